The SMILES string of the molecule is C=Cc1cc2cccc(F)c2[nH]1. The summed E-state index contributed by atoms with van der Waals surface area (Å²) in [7, 11) is 0. The second-order valence-corrected chi connectivity index (χ2v) is 2.63. The van der Waals surface area contributed by atoms with E-state index in [4.69, 9.17) is 0 Å². The van der Waals surface area contributed by atoms with Crippen molar-refractivity contribution in [1.82, 2.24) is 4.98 Å². The second-order valence-electron chi connectivity index (χ2n) is 2.63. The molecule has 2 rings (SSSR count). The monoisotopic (exact) mass is 161 g/mol. The third-order valence-electron chi connectivity index (χ3n) is 1.85. The first-order chi connectivity index (χ1) is 5.81. The summed E-state index contributed by atoms with van der Waals surface area (Å²) in [5.74, 6) is -0.222. The number of aromatic amines is 1. The van der Waals surface area contributed by atoms with Crippen LogP contribution in [-0.2, 0) is 0 Å². The fraction of sp³-hybridized carbons (Fsp3) is 0. The average molecular weight is 161 g/mol. The summed E-state index contributed by atoms with van der Waals surface area (Å²) in [5.41, 5.74) is 1.39. The Kier molecular flexibility index (Phi) is 1.47. The molecule has 1 heterocycles. The molecule has 2 aromatic rings. The molecular formula is C10H8FN. The largest absolute Gasteiger partial charge is 0.353 e. The van der Waals surface area contributed by atoms with Gasteiger partial charge >= 0.3 is 0 Å². The Bertz CT molecular complexity index is 428. The van der Waals surface area contributed by atoms with Crippen LogP contribution in [0.4, 0.5) is 4.39 Å². The van der Waals surface area contributed by atoms with Crippen LogP contribution in [0.15, 0.2) is 30.8 Å². The first-order valence-corrected chi connectivity index (χ1v) is 3.71. The lowest BCUT2D eigenvalue weighted by atomic mass is 10.2. The number of hydrogen-bond donors (Lipinski definition) is 1. The Hall–Kier alpha value is -1.57. The lowest BCUT2D eigenvalue weighted by Crippen LogP contribution is -1.75. The van der Waals surface area contributed by atoms with Crippen LogP contribution >= 0.6 is 0 Å². The van der Waals surface area contributed by atoms with Gasteiger partial charge in [0.25, 0.3) is 0 Å². The highest BCUT2D eigenvalue weighted by molar-refractivity contribution is 5.82. The molecule has 0 atom stereocenters. The molecule has 1 aromatic heterocycles. The van der Waals surface area contributed by atoms with Crippen molar-refractivity contribution in [1.29, 1.82) is 0 Å². The molecule has 0 radical (unpaired) electrons. The normalized spacial score (nSPS) is 10.4. The van der Waals surface area contributed by atoms with Gasteiger partial charge in [-0.3, -0.25) is 0 Å². The minimum absolute atomic E-state index is 0.222. The van der Waals surface area contributed by atoms with Crippen LogP contribution in [0.25, 0.3) is 17.0 Å². The standard InChI is InChI=1S/C10H8FN/c1-2-8-6-7-4-3-5-9(11)10(7)12-8/h2-6,12H,1H2. The van der Waals surface area contributed by atoms with Crippen molar-refractivity contribution in [2.75, 3.05) is 0 Å². The van der Waals surface area contributed by atoms with Crippen molar-refractivity contribution in [2.24, 2.45) is 0 Å². The molecule has 1 aromatic carbocycles. The van der Waals surface area contributed by atoms with E-state index in [9.17, 15) is 4.39 Å². The predicted molar refractivity (Wildman–Crippen MR) is 48.3 cm³/mol. The Balaban J connectivity index is 2.82. The smallest absolute Gasteiger partial charge is 0.147 e. The van der Waals surface area contributed by atoms with Crippen molar-refractivity contribution < 1.29 is 4.39 Å². The zero-order valence-corrected chi connectivity index (χ0v) is 6.47. The Morgan fingerprint density at radius 2 is 2.25 bits per heavy atom. The number of nitrogens with one attached hydrogen (secondary N) is 1. The Morgan fingerprint density at radius 3 is 2.92 bits per heavy atom. The second kappa shape index (κ2) is 2.48. The van der Waals surface area contributed by atoms with Gasteiger partial charge in [-0.1, -0.05) is 18.7 Å². The molecule has 0 saturated carbocycles. The van der Waals surface area contributed by atoms with Crippen LogP contribution in [0.3, 0.4) is 0 Å². The maximum atomic E-state index is 13.1. The van der Waals surface area contributed by atoms with Crippen molar-refractivity contribution in [2.45, 2.75) is 0 Å². The molecule has 0 fully saturated rings. The lowest BCUT2D eigenvalue weighted by molar-refractivity contribution is 0.637. The van der Waals surface area contributed by atoms with Crippen LogP contribution in [0.1, 0.15) is 5.69 Å². The zero-order valence-electron chi connectivity index (χ0n) is 6.47. The summed E-state index contributed by atoms with van der Waals surface area (Å²) < 4.78 is 13.1. The number of hydrogen-bond acceptors (Lipinski definition) is 0. The number of para-hydroxylation sites is 1. The first kappa shape index (κ1) is 7.10. The van der Waals surface area contributed by atoms with Crippen molar-refractivity contribution in [3.63, 3.8) is 0 Å². The quantitative estimate of drug-likeness (QED) is 0.661. The highest BCUT2D eigenvalue weighted by atomic mass is 19.1. The van der Waals surface area contributed by atoms with Gasteiger partial charge < -0.3 is 4.98 Å². The van der Waals surface area contributed by atoms with E-state index in [0.29, 0.717) is 5.52 Å². The summed E-state index contributed by atoms with van der Waals surface area (Å²) in [5, 5.41) is 0.880. The van der Waals surface area contributed by atoms with E-state index in [1.54, 1.807) is 12.1 Å². The molecule has 0 spiro atoms. The Labute approximate surface area is 69.5 Å². The fourth-order valence-corrected chi connectivity index (χ4v) is 1.25. The third-order valence-corrected chi connectivity index (χ3v) is 1.85. The fourth-order valence-electron chi connectivity index (χ4n) is 1.25. The first-order valence-electron chi connectivity index (χ1n) is 3.71. The third kappa shape index (κ3) is 0.925. The minimum atomic E-state index is -0.222. The van der Waals surface area contributed by atoms with Crippen molar-refractivity contribution >= 4 is 17.0 Å². The highest BCUT2D eigenvalue weighted by Crippen LogP contribution is 2.18. The summed E-state index contributed by atoms with van der Waals surface area (Å²) >= 11 is 0. The molecule has 60 valence electrons. The maximum absolute atomic E-state index is 13.1. The van der Waals surface area contributed by atoms with Gasteiger partial charge in [0.05, 0.1) is 5.52 Å². The van der Waals surface area contributed by atoms with E-state index < -0.39 is 0 Å². The van der Waals surface area contributed by atoms with Crippen LogP contribution in [0, 0.1) is 5.82 Å². The van der Waals surface area contributed by atoms with Crippen molar-refractivity contribution in [3.8, 4) is 0 Å². The molecule has 0 unspecified atom stereocenters. The van der Waals surface area contributed by atoms with Gasteiger partial charge in [0.1, 0.15) is 5.82 Å². The Morgan fingerprint density at radius 1 is 1.42 bits per heavy atom. The lowest BCUT2D eigenvalue weighted by Gasteiger charge is -1.89. The zero-order chi connectivity index (χ0) is 8.55. The molecule has 12 heavy (non-hydrogen) atoms. The van der Waals surface area contributed by atoms with Gasteiger partial charge in [-0.2, -0.15) is 0 Å². The molecule has 0 amide bonds. The molecule has 0 aliphatic heterocycles. The molecule has 0 aliphatic carbocycles. The summed E-state index contributed by atoms with van der Waals surface area (Å²) in [4.78, 5) is 2.92. The van der Waals surface area contributed by atoms with Crippen molar-refractivity contribution in [3.05, 3.63) is 42.4 Å². The predicted octanol–water partition coefficient (Wildman–Crippen LogP) is 2.95. The van der Waals surface area contributed by atoms with Gasteiger partial charge in [0.2, 0.25) is 0 Å². The van der Waals surface area contributed by atoms with Gasteiger partial charge in [-0.15, -0.1) is 0 Å². The van der Waals surface area contributed by atoms with E-state index in [1.807, 2.05) is 12.1 Å². The number of halogens is 1. The van der Waals surface area contributed by atoms with E-state index >= 15 is 0 Å². The van der Waals surface area contributed by atoms with Gasteiger partial charge in [0.15, 0.2) is 0 Å². The molecule has 0 bridgehead atoms. The average Bonchev–Trinajstić information content (AvgIpc) is 2.49. The van der Waals surface area contributed by atoms with E-state index in [2.05, 4.69) is 11.6 Å². The molecule has 1 N–H and O–H groups in total. The summed E-state index contributed by atoms with van der Waals surface area (Å²) in [6.45, 7) is 3.60. The number of aromatic nitrogens is 1. The topological polar surface area (TPSA) is 15.8 Å². The van der Waals surface area contributed by atoms with Crippen LogP contribution < -0.4 is 0 Å². The van der Waals surface area contributed by atoms with Gasteiger partial charge in [-0.05, 0) is 18.2 Å². The molecule has 0 aliphatic rings. The number of rotatable bonds is 1. The van der Waals surface area contributed by atoms with Crippen LogP contribution in [-0.4, -0.2) is 4.98 Å². The number of benzene rings is 1. The molecule has 2 heteroatoms. The van der Waals surface area contributed by atoms with E-state index in [0.717, 1.165) is 11.1 Å². The van der Waals surface area contributed by atoms with E-state index in [1.165, 1.54) is 6.07 Å². The number of fused-ring (bicyclic) bond motifs is 1. The van der Waals surface area contributed by atoms with E-state index in [-0.39, 0.29) is 5.82 Å². The summed E-state index contributed by atoms with van der Waals surface area (Å²) in [6.07, 6.45) is 1.67. The maximum Gasteiger partial charge on any atom is 0.147 e. The molecule has 1 nitrogen and oxygen atoms in total. The van der Waals surface area contributed by atoms with Crippen LogP contribution in [0.2, 0.25) is 0 Å². The van der Waals surface area contributed by atoms with Gasteiger partial charge in [-0.25, -0.2) is 4.39 Å². The van der Waals surface area contributed by atoms with Crippen LogP contribution in [0.5, 0.6) is 0 Å². The summed E-state index contributed by atoms with van der Waals surface area (Å²) in [6, 6.07) is 6.86. The molecule has 0 saturated heterocycles. The van der Waals surface area contributed by atoms with Gasteiger partial charge in [0, 0.05) is 11.1 Å². The highest BCUT2D eigenvalue weighted by Gasteiger charge is 2.01. The molecular weight excluding hydrogens is 153 g/mol. The number of H-pyrrole nitrogens is 1. The minimum Gasteiger partial charge on any atom is -0.353 e.